The summed E-state index contributed by atoms with van der Waals surface area (Å²) in [6.07, 6.45) is 0. The first-order valence-electron chi connectivity index (χ1n) is 8.07. The van der Waals surface area contributed by atoms with Crippen LogP contribution < -0.4 is 4.72 Å². The van der Waals surface area contributed by atoms with Gasteiger partial charge in [-0.3, -0.25) is 4.68 Å². The Morgan fingerprint density at radius 1 is 1.30 bits per heavy atom. The molecule has 3 aromatic rings. The van der Waals surface area contributed by atoms with Gasteiger partial charge in [-0.15, -0.1) is 11.3 Å². The standard InChI is InChI=1S/C17H19N3O4S3/c1-11-15(13-4-8-25-10-13)12(2)20(19-11)7-6-18-27(22,23)14-5-9-26-16(14)17(21)24-3/h4-5,8-10,18H,6-7H2,1-3H3. The van der Waals surface area contributed by atoms with Crippen molar-refractivity contribution in [3.8, 4) is 11.1 Å². The van der Waals surface area contributed by atoms with Gasteiger partial charge in [0.2, 0.25) is 10.0 Å². The largest absolute Gasteiger partial charge is 0.465 e. The summed E-state index contributed by atoms with van der Waals surface area (Å²) in [4.78, 5) is 11.7. The predicted molar refractivity (Wildman–Crippen MR) is 106 cm³/mol. The number of nitrogens with zero attached hydrogens (tertiary/aromatic N) is 2. The average molecular weight is 426 g/mol. The summed E-state index contributed by atoms with van der Waals surface area (Å²) in [6, 6.07) is 3.44. The van der Waals surface area contributed by atoms with E-state index in [0.717, 1.165) is 33.9 Å². The molecule has 144 valence electrons. The highest BCUT2D eigenvalue weighted by molar-refractivity contribution is 7.89. The maximum absolute atomic E-state index is 12.5. The number of thiophene rings is 2. The molecule has 0 saturated heterocycles. The highest BCUT2D eigenvalue weighted by Crippen LogP contribution is 2.28. The van der Waals surface area contributed by atoms with Crippen LogP contribution >= 0.6 is 22.7 Å². The Bertz CT molecular complexity index is 1050. The molecule has 27 heavy (non-hydrogen) atoms. The topological polar surface area (TPSA) is 90.3 Å². The fraction of sp³-hybridized carbons (Fsp3) is 0.294. The zero-order chi connectivity index (χ0) is 19.6. The quantitative estimate of drug-likeness (QED) is 0.588. The number of esters is 1. The van der Waals surface area contributed by atoms with E-state index in [1.165, 1.54) is 13.2 Å². The molecule has 0 aliphatic carbocycles. The lowest BCUT2D eigenvalue weighted by atomic mass is 10.1. The van der Waals surface area contributed by atoms with Gasteiger partial charge in [0, 0.05) is 17.8 Å². The Labute approximate surface area is 165 Å². The molecule has 7 nitrogen and oxygen atoms in total. The molecule has 0 aromatic carbocycles. The number of hydrogen-bond donors (Lipinski definition) is 1. The number of rotatable bonds is 7. The molecule has 0 unspecified atom stereocenters. The van der Waals surface area contributed by atoms with Gasteiger partial charge >= 0.3 is 5.97 Å². The van der Waals surface area contributed by atoms with Crippen molar-refractivity contribution in [3.05, 3.63) is 44.5 Å². The summed E-state index contributed by atoms with van der Waals surface area (Å²) in [6.45, 7) is 4.45. The van der Waals surface area contributed by atoms with Gasteiger partial charge in [0.25, 0.3) is 0 Å². The highest BCUT2D eigenvalue weighted by atomic mass is 32.2. The van der Waals surface area contributed by atoms with Crippen LogP contribution in [0.15, 0.2) is 33.2 Å². The van der Waals surface area contributed by atoms with Crippen molar-refractivity contribution in [2.24, 2.45) is 0 Å². The molecule has 0 aliphatic heterocycles. The van der Waals surface area contributed by atoms with E-state index in [9.17, 15) is 13.2 Å². The first kappa shape index (κ1) is 19.7. The SMILES string of the molecule is COC(=O)c1sccc1S(=O)(=O)NCCn1nc(C)c(-c2ccsc2)c1C. The number of sulfonamides is 1. The van der Waals surface area contributed by atoms with E-state index in [1.54, 1.807) is 21.4 Å². The number of nitrogens with one attached hydrogen (secondary N) is 1. The summed E-state index contributed by atoms with van der Waals surface area (Å²) in [5.41, 5.74) is 4.07. The van der Waals surface area contributed by atoms with Gasteiger partial charge in [-0.05, 0) is 47.7 Å². The van der Waals surface area contributed by atoms with Crippen molar-refractivity contribution < 1.29 is 17.9 Å². The monoisotopic (exact) mass is 425 g/mol. The molecule has 0 bridgehead atoms. The van der Waals surface area contributed by atoms with E-state index in [-0.39, 0.29) is 16.3 Å². The van der Waals surface area contributed by atoms with E-state index in [2.05, 4.69) is 19.9 Å². The van der Waals surface area contributed by atoms with Crippen LogP contribution in [0.3, 0.4) is 0 Å². The maximum atomic E-state index is 12.5. The number of carbonyl (C=O) groups excluding carboxylic acids is 1. The molecule has 3 aromatic heterocycles. The first-order chi connectivity index (χ1) is 12.8. The molecule has 3 rings (SSSR count). The molecule has 0 radical (unpaired) electrons. The lowest BCUT2D eigenvalue weighted by Crippen LogP contribution is -2.28. The minimum atomic E-state index is -3.81. The van der Waals surface area contributed by atoms with Crippen LogP contribution in [-0.2, 0) is 21.3 Å². The molecule has 0 aliphatic rings. The van der Waals surface area contributed by atoms with E-state index in [0.29, 0.717) is 6.54 Å². The lowest BCUT2D eigenvalue weighted by molar-refractivity contribution is 0.0602. The predicted octanol–water partition coefficient (Wildman–Crippen LogP) is 3.06. The van der Waals surface area contributed by atoms with E-state index in [4.69, 9.17) is 0 Å². The third-order valence-corrected chi connectivity index (χ3v) is 7.31. The third-order valence-electron chi connectivity index (χ3n) is 4.10. The molecule has 0 saturated carbocycles. The van der Waals surface area contributed by atoms with Crippen molar-refractivity contribution in [1.82, 2.24) is 14.5 Å². The van der Waals surface area contributed by atoms with Crippen molar-refractivity contribution in [2.45, 2.75) is 25.3 Å². The normalized spacial score (nSPS) is 11.7. The third kappa shape index (κ3) is 3.98. The Hall–Kier alpha value is -2.01. The van der Waals surface area contributed by atoms with Gasteiger partial charge in [0.15, 0.2) is 0 Å². The van der Waals surface area contributed by atoms with Crippen molar-refractivity contribution in [2.75, 3.05) is 13.7 Å². The molecule has 1 N–H and O–H groups in total. The van der Waals surface area contributed by atoms with Gasteiger partial charge in [-0.1, -0.05) is 0 Å². The summed E-state index contributed by atoms with van der Waals surface area (Å²) in [5.74, 6) is -0.663. The average Bonchev–Trinajstić information content (AvgIpc) is 3.35. The van der Waals surface area contributed by atoms with Gasteiger partial charge < -0.3 is 4.74 Å². The van der Waals surface area contributed by atoms with E-state index in [1.807, 2.05) is 25.3 Å². The number of ether oxygens (including phenoxy) is 1. The van der Waals surface area contributed by atoms with Crippen molar-refractivity contribution in [3.63, 3.8) is 0 Å². The molecule has 0 atom stereocenters. The molecular formula is C17H19N3O4S3. The molecule has 0 spiro atoms. The second-order valence-electron chi connectivity index (χ2n) is 5.78. The van der Waals surface area contributed by atoms with Gasteiger partial charge in [-0.2, -0.15) is 16.4 Å². The minimum absolute atomic E-state index is 0.0633. The van der Waals surface area contributed by atoms with Gasteiger partial charge in [0.1, 0.15) is 9.77 Å². The Morgan fingerprint density at radius 2 is 2.07 bits per heavy atom. The first-order valence-corrected chi connectivity index (χ1v) is 11.4. The molecular weight excluding hydrogens is 406 g/mol. The Balaban J connectivity index is 1.73. The van der Waals surface area contributed by atoms with Crippen LogP contribution in [0.2, 0.25) is 0 Å². The second-order valence-corrected chi connectivity index (χ2v) is 9.22. The summed E-state index contributed by atoms with van der Waals surface area (Å²) >= 11 is 2.66. The van der Waals surface area contributed by atoms with Crippen LogP contribution in [0, 0.1) is 13.8 Å². The molecule has 0 fully saturated rings. The van der Waals surface area contributed by atoms with Crippen LogP contribution in [0.1, 0.15) is 21.1 Å². The fourth-order valence-corrected chi connectivity index (χ4v) is 5.85. The maximum Gasteiger partial charge on any atom is 0.349 e. The van der Waals surface area contributed by atoms with Crippen LogP contribution in [0.25, 0.3) is 11.1 Å². The van der Waals surface area contributed by atoms with Crippen molar-refractivity contribution >= 4 is 38.7 Å². The molecule has 3 heterocycles. The van der Waals surface area contributed by atoms with Crippen LogP contribution in [-0.4, -0.2) is 37.8 Å². The van der Waals surface area contributed by atoms with E-state index < -0.39 is 16.0 Å². The smallest absolute Gasteiger partial charge is 0.349 e. The summed E-state index contributed by atoms with van der Waals surface area (Å²) < 4.78 is 34.0. The highest BCUT2D eigenvalue weighted by Gasteiger charge is 2.24. The number of carbonyl (C=O) groups is 1. The van der Waals surface area contributed by atoms with Gasteiger partial charge in [-0.25, -0.2) is 17.9 Å². The Morgan fingerprint density at radius 3 is 2.74 bits per heavy atom. The number of methoxy groups -OCH3 is 1. The minimum Gasteiger partial charge on any atom is -0.465 e. The molecule has 10 heteroatoms. The van der Waals surface area contributed by atoms with Crippen LogP contribution in [0.5, 0.6) is 0 Å². The number of hydrogen-bond acceptors (Lipinski definition) is 7. The second kappa shape index (κ2) is 7.93. The zero-order valence-electron chi connectivity index (χ0n) is 15.1. The van der Waals surface area contributed by atoms with Gasteiger partial charge in [0.05, 0.1) is 19.3 Å². The number of aromatic nitrogens is 2. The summed E-state index contributed by atoms with van der Waals surface area (Å²) in [7, 11) is -2.59. The number of aryl methyl sites for hydroxylation is 1. The fourth-order valence-electron chi connectivity index (χ4n) is 2.85. The summed E-state index contributed by atoms with van der Waals surface area (Å²) in [5, 5.41) is 10.2. The molecule has 0 amide bonds. The zero-order valence-corrected chi connectivity index (χ0v) is 17.5. The van der Waals surface area contributed by atoms with E-state index >= 15 is 0 Å². The van der Waals surface area contributed by atoms with Crippen molar-refractivity contribution in [1.29, 1.82) is 0 Å². The Kier molecular flexibility index (Phi) is 5.80. The lowest BCUT2D eigenvalue weighted by Gasteiger charge is -2.08. The van der Waals surface area contributed by atoms with Crippen LogP contribution in [0.4, 0.5) is 0 Å².